The first-order valence-electron chi connectivity index (χ1n) is 7.39. The van der Waals surface area contributed by atoms with Gasteiger partial charge in [-0.15, -0.1) is 0 Å². The van der Waals surface area contributed by atoms with Crippen LogP contribution in [0.15, 0.2) is 21.6 Å². The van der Waals surface area contributed by atoms with Gasteiger partial charge in [-0.05, 0) is 58.5 Å². The molecular formula is C14H25N3O3S. The third-order valence-corrected chi connectivity index (χ3v) is 5.24. The number of likely N-dealkylation sites (tertiary alicyclic amines) is 1. The van der Waals surface area contributed by atoms with Crippen molar-refractivity contribution in [3.63, 3.8) is 0 Å². The molecule has 1 aromatic heterocycles. The molecule has 120 valence electrons. The van der Waals surface area contributed by atoms with Crippen LogP contribution in [0.1, 0.15) is 26.0 Å². The largest absolute Gasteiger partial charge is 0.447 e. The Hall–Kier alpha value is -0.890. The summed E-state index contributed by atoms with van der Waals surface area (Å²) in [6.07, 6.45) is 1.21. The number of furan rings is 1. The Bertz CT molecular complexity index is 554. The molecule has 0 aliphatic carbocycles. The standard InChI is InChI=1S/C14H25N3O3S/c1-11(2)17-7-6-12(10-17)8-16-9-13-4-5-14(20-13)21(18,19)15-3/h4-5,11-12,15-16H,6-10H2,1-3H3. The zero-order valence-electron chi connectivity index (χ0n) is 12.9. The van der Waals surface area contributed by atoms with Gasteiger partial charge in [-0.1, -0.05) is 0 Å². The smallest absolute Gasteiger partial charge is 0.273 e. The molecule has 1 fully saturated rings. The third kappa shape index (κ3) is 4.29. The number of hydrogen-bond acceptors (Lipinski definition) is 5. The van der Waals surface area contributed by atoms with E-state index >= 15 is 0 Å². The van der Waals surface area contributed by atoms with Crippen molar-refractivity contribution >= 4 is 10.0 Å². The minimum absolute atomic E-state index is 0.0337. The Morgan fingerprint density at radius 2 is 2.19 bits per heavy atom. The van der Waals surface area contributed by atoms with Gasteiger partial charge in [-0.3, -0.25) is 0 Å². The zero-order valence-corrected chi connectivity index (χ0v) is 13.7. The highest BCUT2D eigenvalue weighted by molar-refractivity contribution is 7.89. The molecule has 0 aromatic carbocycles. The van der Waals surface area contributed by atoms with Crippen molar-refractivity contribution in [2.75, 3.05) is 26.7 Å². The molecule has 6 nitrogen and oxygen atoms in total. The van der Waals surface area contributed by atoms with Crippen LogP contribution in [-0.2, 0) is 16.6 Å². The highest BCUT2D eigenvalue weighted by atomic mass is 32.2. The molecule has 0 amide bonds. The maximum atomic E-state index is 11.6. The van der Waals surface area contributed by atoms with Crippen LogP contribution >= 0.6 is 0 Å². The van der Waals surface area contributed by atoms with Crippen LogP contribution < -0.4 is 10.0 Å². The molecule has 0 bridgehead atoms. The van der Waals surface area contributed by atoms with Crippen molar-refractivity contribution in [2.24, 2.45) is 5.92 Å². The van der Waals surface area contributed by atoms with E-state index in [4.69, 9.17) is 4.42 Å². The molecule has 1 aliphatic rings. The molecule has 1 aromatic rings. The van der Waals surface area contributed by atoms with E-state index in [0.717, 1.165) is 19.6 Å². The van der Waals surface area contributed by atoms with E-state index in [1.54, 1.807) is 6.07 Å². The lowest BCUT2D eigenvalue weighted by atomic mass is 10.1. The number of hydrogen-bond donors (Lipinski definition) is 2. The number of nitrogens with one attached hydrogen (secondary N) is 2. The Labute approximate surface area is 126 Å². The zero-order chi connectivity index (χ0) is 15.5. The Morgan fingerprint density at radius 3 is 2.81 bits per heavy atom. The summed E-state index contributed by atoms with van der Waals surface area (Å²) in [5, 5.41) is 3.32. The van der Waals surface area contributed by atoms with Gasteiger partial charge < -0.3 is 14.6 Å². The molecule has 1 atom stereocenters. The van der Waals surface area contributed by atoms with Crippen LogP contribution in [0.2, 0.25) is 0 Å². The summed E-state index contributed by atoms with van der Waals surface area (Å²) in [5.74, 6) is 1.30. The molecule has 0 spiro atoms. The third-order valence-electron chi connectivity index (χ3n) is 3.95. The first kappa shape index (κ1) is 16.5. The van der Waals surface area contributed by atoms with Crippen LogP contribution in [0.5, 0.6) is 0 Å². The maximum absolute atomic E-state index is 11.6. The van der Waals surface area contributed by atoms with Crippen molar-refractivity contribution in [1.82, 2.24) is 14.9 Å². The SMILES string of the molecule is CNS(=O)(=O)c1ccc(CNCC2CCN(C(C)C)C2)o1. The van der Waals surface area contributed by atoms with E-state index in [-0.39, 0.29) is 5.09 Å². The molecule has 0 radical (unpaired) electrons. The summed E-state index contributed by atoms with van der Waals surface area (Å²) in [7, 11) is -2.11. The molecule has 2 rings (SSSR count). The van der Waals surface area contributed by atoms with Gasteiger partial charge in [-0.2, -0.15) is 0 Å². The van der Waals surface area contributed by atoms with Crippen molar-refractivity contribution in [1.29, 1.82) is 0 Å². The monoisotopic (exact) mass is 315 g/mol. The fourth-order valence-corrected chi connectivity index (χ4v) is 3.26. The van der Waals surface area contributed by atoms with Gasteiger partial charge in [0.05, 0.1) is 6.54 Å². The fourth-order valence-electron chi connectivity index (χ4n) is 2.60. The van der Waals surface area contributed by atoms with Crippen molar-refractivity contribution in [2.45, 2.75) is 37.9 Å². The average molecular weight is 315 g/mol. The lowest BCUT2D eigenvalue weighted by molar-refractivity contribution is 0.263. The summed E-state index contributed by atoms with van der Waals surface area (Å²) >= 11 is 0. The summed E-state index contributed by atoms with van der Waals surface area (Å²) in [6.45, 7) is 8.22. The molecular weight excluding hydrogens is 290 g/mol. The molecule has 7 heteroatoms. The van der Waals surface area contributed by atoms with Gasteiger partial charge in [0.1, 0.15) is 5.76 Å². The molecule has 1 saturated heterocycles. The summed E-state index contributed by atoms with van der Waals surface area (Å²) < 4.78 is 30.7. The Balaban J connectivity index is 1.77. The minimum atomic E-state index is -3.49. The lowest BCUT2D eigenvalue weighted by Crippen LogP contribution is -2.30. The quantitative estimate of drug-likeness (QED) is 0.785. The average Bonchev–Trinajstić information content (AvgIpc) is 3.08. The second-order valence-corrected chi connectivity index (χ2v) is 7.62. The second kappa shape index (κ2) is 6.91. The second-order valence-electron chi connectivity index (χ2n) is 5.80. The van der Waals surface area contributed by atoms with E-state index in [1.807, 2.05) is 0 Å². The van der Waals surface area contributed by atoms with Gasteiger partial charge in [0.2, 0.25) is 5.09 Å². The van der Waals surface area contributed by atoms with E-state index in [9.17, 15) is 8.42 Å². The number of sulfonamides is 1. The van der Waals surface area contributed by atoms with Crippen LogP contribution in [0.4, 0.5) is 0 Å². The molecule has 21 heavy (non-hydrogen) atoms. The Morgan fingerprint density at radius 1 is 1.43 bits per heavy atom. The van der Waals surface area contributed by atoms with E-state index in [1.165, 1.54) is 19.5 Å². The first-order chi connectivity index (χ1) is 9.92. The first-order valence-corrected chi connectivity index (χ1v) is 8.87. The number of nitrogens with zero attached hydrogens (tertiary/aromatic N) is 1. The van der Waals surface area contributed by atoms with Gasteiger partial charge >= 0.3 is 0 Å². The summed E-state index contributed by atoms with van der Waals surface area (Å²) in [4.78, 5) is 2.48. The van der Waals surface area contributed by atoms with Crippen LogP contribution in [0.25, 0.3) is 0 Å². The van der Waals surface area contributed by atoms with E-state index < -0.39 is 10.0 Å². The molecule has 0 saturated carbocycles. The predicted molar refractivity (Wildman–Crippen MR) is 81.5 cm³/mol. The lowest BCUT2D eigenvalue weighted by Gasteiger charge is -2.20. The van der Waals surface area contributed by atoms with Gasteiger partial charge in [-0.25, -0.2) is 13.1 Å². The van der Waals surface area contributed by atoms with E-state index in [2.05, 4.69) is 28.8 Å². The number of rotatable bonds is 7. The molecule has 1 aliphatic heterocycles. The fraction of sp³-hybridized carbons (Fsp3) is 0.714. The predicted octanol–water partition coefficient (Wildman–Crippen LogP) is 1.01. The topological polar surface area (TPSA) is 74.6 Å². The van der Waals surface area contributed by atoms with Crippen LogP contribution in [-0.4, -0.2) is 46.0 Å². The van der Waals surface area contributed by atoms with Crippen LogP contribution in [0.3, 0.4) is 0 Å². The van der Waals surface area contributed by atoms with Gasteiger partial charge in [0.25, 0.3) is 10.0 Å². The normalized spacial score (nSPS) is 20.5. The highest BCUT2D eigenvalue weighted by Gasteiger charge is 2.23. The van der Waals surface area contributed by atoms with Gasteiger partial charge in [0.15, 0.2) is 0 Å². The minimum Gasteiger partial charge on any atom is -0.447 e. The van der Waals surface area contributed by atoms with Crippen molar-refractivity contribution in [3.05, 3.63) is 17.9 Å². The maximum Gasteiger partial charge on any atom is 0.273 e. The Kier molecular flexibility index (Phi) is 5.43. The molecule has 1 unspecified atom stereocenters. The van der Waals surface area contributed by atoms with Gasteiger partial charge in [0, 0.05) is 12.6 Å². The highest BCUT2D eigenvalue weighted by Crippen LogP contribution is 2.18. The van der Waals surface area contributed by atoms with Crippen molar-refractivity contribution in [3.8, 4) is 0 Å². The molecule has 2 heterocycles. The van der Waals surface area contributed by atoms with E-state index in [0.29, 0.717) is 24.3 Å². The molecule has 2 N–H and O–H groups in total. The van der Waals surface area contributed by atoms with Crippen molar-refractivity contribution < 1.29 is 12.8 Å². The van der Waals surface area contributed by atoms with Crippen LogP contribution in [0, 0.1) is 5.92 Å². The summed E-state index contributed by atoms with van der Waals surface area (Å²) in [5.41, 5.74) is 0. The summed E-state index contributed by atoms with van der Waals surface area (Å²) in [6, 6.07) is 3.79.